The van der Waals surface area contributed by atoms with Gasteiger partial charge in [0.1, 0.15) is 5.82 Å². The Hall–Kier alpha value is -0.610. The highest BCUT2D eigenvalue weighted by Gasteiger charge is 2.07. The molecule has 0 saturated carbocycles. The van der Waals surface area contributed by atoms with Crippen LogP contribution in [0.1, 0.15) is 44.4 Å². The van der Waals surface area contributed by atoms with Crippen LogP contribution in [0, 0.1) is 12.8 Å². The van der Waals surface area contributed by atoms with Crippen molar-refractivity contribution < 1.29 is 0 Å². The van der Waals surface area contributed by atoms with E-state index in [0.717, 1.165) is 41.6 Å². The first-order chi connectivity index (χ1) is 8.51. The molecule has 3 nitrogen and oxygen atoms in total. The van der Waals surface area contributed by atoms with Crippen LogP contribution >= 0.6 is 11.8 Å². The highest BCUT2D eigenvalue weighted by atomic mass is 32.2. The van der Waals surface area contributed by atoms with Gasteiger partial charge in [-0.3, -0.25) is 0 Å². The predicted octanol–water partition coefficient (Wildman–Crippen LogP) is 2.95. The van der Waals surface area contributed by atoms with Gasteiger partial charge in [-0.25, -0.2) is 9.97 Å². The number of rotatable bonds is 7. The largest absolute Gasteiger partial charge is 0.327 e. The van der Waals surface area contributed by atoms with Crippen LogP contribution in [0.2, 0.25) is 0 Å². The SMILES string of the molecule is CCC(N)Cc1cc(C)nc(CSCC(C)C)n1. The molecule has 0 radical (unpaired) electrons. The molecule has 1 aromatic rings. The highest BCUT2D eigenvalue weighted by Crippen LogP contribution is 2.14. The Morgan fingerprint density at radius 2 is 2.06 bits per heavy atom. The zero-order chi connectivity index (χ0) is 13.5. The Morgan fingerprint density at radius 3 is 2.67 bits per heavy atom. The summed E-state index contributed by atoms with van der Waals surface area (Å²) in [6.45, 7) is 8.60. The van der Waals surface area contributed by atoms with Crippen molar-refractivity contribution in [1.82, 2.24) is 9.97 Å². The predicted molar refractivity (Wildman–Crippen MR) is 79.7 cm³/mol. The van der Waals surface area contributed by atoms with E-state index in [4.69, 9.17) is 5.73 Å². The van der Waals surface area contributed by atoms with Gasteiger partial charge in [0.25, 0.3) is 0 Å². The third-order valence-electron chi connectivity index (χ3n) is 2.63. The maximum atomic E-state index is 5.98. The molecule has 0 amide bonds. The summed E-state index contributed by atoms with van der Waals surface area (Å²) in [5.41, 5.74) is 8.10. The lowest BCUT2D eigenvalue weighted by Gasteiger charge is -2.10. The van der Waals surface area contributed by atoms with Crippen molar-refractivity contribution in [3.8, 4) is 0 Å². The Kier molecular flexibility index (Phi) is 6.65. The molecule has 0 fully saturated rings. The Morgan fingerprint density at radius 1 is 1.33 bits per heavy atom. The molecule has 0 spiro atoms. The average molecular weight is 267 g/mol. The van der Waals surface area contributed by atoms with Crippen molar-refractivity contribution in [3.05, 3.63) is 23.3 Å². The molecule has 0 aliphatic rings. The fraction of sp³-hybridized carbons (Fsp3) is 0.714. The van der Waals surface area contributed by atoms with E-state index in [1.807, 2.05) is 24.8 Å². The van der Waals surface area contributed by atoms with Gasteiger partial charge in [0, 0.05) is 23.9 Å². The molecule has 0 saturated heterocycles. The molecule has 0 aliphatic heterocycles. The Labute approximate surface area is 115 Å². The minimum absolute atomic E-state index is 0.204. The molecule has 1 aromatic heterocycles. The fourth-order valence-electron chi connectivity index (χ4n) is 1.67. The molecular formula is C14H25N3S. The quantitative estimate of drug-likeness (QED) is 0.825. The molecule has 0 bridgehead atoms. The molecule has 0 aromatic carbocycles. The second-order valence-electron chi connectivity index (χ2n) is 5.20. The van der Waals surface area contributed by atoms with Gasteiger partial charge in [-0.05, 0) is 31.1 Å². The number of aromatic nitrogens is 2. The van der Waals surface area contributed by atoms with Crippen LogP contribution in [0.15, 0.2) is 6.07 Å². The van der Waals surface area contributed by atoms with E-state index in [0.29, 0.717) is 5.92 Å². The van der Waals surface area contributed by atoms with Crippen molar-refractivity contribution in [3.63, 3.8) is 0 Å². The number of nitrogens with two attached hydrogens (primary N) is 1. The number of nitrogens with zero attached hydrogens (tertiary/aromatic N) is 2. The summed E-state index contributed by atoms with van der Waals surface area (Å²) >= 11 is 1.90. The molecule has 1 atom stereocenters. The fourth-order valence-corrected chi connectivity index (χ4v) is 2.57. The number of aryl methyl sites for hydroxylation is 1. The van der Waals surface area contributed by atoms with Gasteiger partial charge in [-0.15, -0.1) is 0 Å². The van der Waals surface area contributed by atoms with Crippen molar-refractivity contribution in [2.75, 3.05) is 5.75 Å². The maximum absolute atomic E-state index is 5.98. The number of hydrogen-bond donors (Lipinski definition) is 1. The van der Waals surface area contributed by atoms with E-state index in [1.165, 1.54) is 0 Å². The van der Waals surface area contributed by atoms with Crippen molar-refractivity contribution in [2.45, 2.75) is 52.3 Å². The first kappa shape index (κ1) is 15.4. The topological polar surface area (TPSA) is 51.8 Å². The summed E-state index contributed by atoms with van der Waals surface area (Å²) in [5.74, 6) is 3.71. The van der Waals surface area contributed by atoms with E-state index in [9.17, 15) is 0 Å². The van der Waals surface area contributed by atoms with E-state index in [1.54, 1.807) is 0 Å². The summed E-state index contributed by atoms with van der Waals surface area (Å²) < 4.78 is 0. The minimum Gasteiger partial charge on any atom is -0.327 e. The highest BCUT2D eigenvalue weighted by molar-refractivity contribution is 7.98. The monoisotopic (exact) mass is 267 g/mol. The van der Waals surface area contributed by atoms with Crippen molar-refractivity contribution in [2.24, 2.45) is 11.7 Å². The summed E-state index contributed by atoms with van der Waals surface area (Å²) in [6.07, 6.45) is 1.84. The van der Waals surface area contributed by atoms with Crippen LogP contribution in [0.25, 0.3) is 0 Å². The standard InChI is InChI=1S/C14H25N3S/c1-5-12(15)7-13-6-11(4)16-14(17-13)9-18-8-10(2)3/h6,10,12H,5,7-9,15H2,1-4H3. The van der Waals surface area contributed by atoms with Gasteiger partial charge in [-0.2, -0.15) is 11.8 Å². The molecule has 4 heteroatoms. The molecule has 0 aliphatic carbocycles. The summed E-state index contributed by atoms with van der Waals surface area (Å²) in [6, 6.07) is 2.25. The van der Waals surface area contributed by atoms with Gasteiger partial charge in [0.05, 0.1) is 5.75 Å². The normalized spacial score (nSPS) is 13.0. The van der Waals surface area contributed by atoms with Crippen molar-refractivity contribution >= 4 is 11.8 Å². The average Bonchev–Trinajstić information content (AvgIpc) is 2.27. The number of thioether (sulfide) groups is 1. The van der Waals surface area contributed by atoms with Crippen LogP contribution in [0.5, 0.6) is 0 Å². The second-order valence-corrected chi connectivity index (χ2v) is 6.23. The smallest absolute Gasteiger partial charge is 0.138 e. The first-order valence-electron chi connectivity index (χ1n) is 6.68. The van der Waals surface area contributed by atoms with Crippen LogP contribution in [-0.2, 0) is 12.2 Å². The maximum Gasteiger partial charge on any atom is 0.138 e. The van der Waals surface area contributed by atoms with E-state index in [-0.39, 0.29) is 6.04 Å². The van der Waals surface area contributed by atoms with Gasteiger partial charge in [0.15, 0.2) is 0 Å². The van der Waals surface area contributed by atoms with Gasteiger partial charge >= 0.3 is 0 Å². The Bertz CT molecular complexity index is 366. The zero-order valence-electron chi connectivity index (χ0n) is 11.9. The minimum atomic E-state index is 0.204. The van der Waals surface area contributed by atoms with Gasteiger partial charge in [-0.1, -0.05) is 20.8 Å². The molecule has 1 heterocycles. The van der Waals surface area contributed by atoms with Gasteiger partial charge < -0.3 is 5.73 Å². The Balaban J connectivity index is 2.62. The lowest BCUT2D eigenvalue weighted by atomic mass is 10.1. The lowest BCUT2D eigenvalue weighted by molar-refractivity contribution is 0.633. The lowest BCUT2D eigenvalue weighted by Crippen LogP contribution is -2.22. The molecule has 1 unspecified atom stereocenters. The van der Waals surface area contributed by atoms with Crippen LogP contribution in [0.3, 0.4) is 0 Å². The third kappa shape index (κ3) is 5.83. The number of hydrogen-bond acceptors (Lipinski definition) is 4. The third-order valence-corrected chi connectivity index (χ3v) is 4.00. The molecule has 2 N–H and O–H groups in total. The van der Waals surface area contributed by atoms with Crippen LogP contribution in [-0.4, -0.2) is 21.8 Å². The summed E-state index contributed by atoms with van der Waals surface area (Å²) in [5, 5.41) is 0. The molecule has 18 heavy (non-hydrogen) atoms. The first-order valence-corrected chi connectivity index (χ1v) is 7.83. The van der Waals surface area contributed by atoms with Gasteiger partial charge in [0.2, 0.25) is 0 Å². The van der Waals surface area contributed by atoms with E-state index < -0.39 is 0 Å². The molecule has 1 rings (SSSR count). The van der Waals surface area contributed by atoms with E-state index in [2.05, 4.69) is 30.7 Å². The van der Waals surface area contributed by atoms with Crippen molar-refractivity contribution in [1.29, 1.82) is 0 Å². The molecule has 102 valence electrons. The summed E-state index contributed by atoms with van der Waals surface area (Å²) in [4.78, 5) is 9.10. The van der Waals surface area contributed by atoms with Crippen LogP contribution in [0.4, 0.5) is 0 Å². The molecular weight excluding hydrogens is 242 g/mol. The zero-order valence-corrected chi connectivity index (χ0v) is 12.8. The van der Waals surface area contributed by atoms with Crippen LogP contribution < -0.4 is 5.73 Å². The summed E-state index contributed by atoms with van der Waals surface area (Å²) in [7, 11) is 0. The van der Waals surface area contributed by atoms with E-state index >= 15 is 0 Å². The second kappa shape index (κ2) is 7.74.